The molecule has 1 heterocycles. The molecule has 1 aromatic carbocycles. The number of nitrogens with one attached hydrogen (secondary N) is 2. The molecule has 0 aliphatic carbocycles. The fraction of sp³-hybridized carbons (Fsp3) is 0.471. The molecule has 0 fully saturated rings. The van der Waals surface area contributed by atoms with Crippen molar-refractivity contribution in [3.05, 3.63) is 35.9 Å². The number of aromatic nitrogens is 3. The average molecular weight is 474 g/mol. The first kappa shape index (κ1) is 22.0. The smallest absolute Gasteiger partial charge is 0.191 e. The number of aliphatic imine (C=N–C) groups is 1. The summed E-state index contributed by atoms with van der Waals surface area (Å²) >= 11 is 0. The van der Waals surface area contributed by atoms with E-state index in [9.17, 15) is 0 Å². The number of guanidine groups is 1. The van der Waals surface area contributed by atoms with Crippen LogP contribution in [0, 0.1) is 0 Å². The molecule has 9 heteroatoms. The molecule has 0 radical (unpaired) electrons. The zero-order valence-electron chi connectivity index (χ0n) is 15.7. The van der Waals surface area contributed by atoms with Crippen molar-refractivity contribution in [3.63, 3.8) is 0 Å². The maximum Gasteiger partial charge on any atom is 0.191 e. The van der Waals surface area contributed by atoms with Crippen LogP contribution in [0.4, 0.5) is 0 Å². The molecule has 0 aliphatic heterocycles. The standard InChI is InChI=1S/C17H26N6O2.HI/c1-5-18-17(20-11-16-21-12-22-23(16)3)19-10-13-7-8-14(25-6-2)15(9-13)24-4;/h7-9,12H,5-6,10-11H2,1-4H3,(H2,18,19,20);1H. The van der Waals surface area contributed by atoms with Gasteiger partial charge in [0.15, 0.2) is 17.5 Å². The Kier molecular flexibility index (Phi) is 9.78. The number of aryl methyl sites for hydroxylation is 1. The van der Waals surface area contributed by atoms with Crippen molar-refractivity contribution in [2.45, 2.75) is 26.9 Å². The lowest BCUT2D eigenvalue weighted by atomic mass is 10.2. The molecule has 0 bridgehead atoms. The lowest BCUT2D eigenvalue weighted by molar-refractivity contribution is 0.310. The molecular weight excluding hydrogens is 447 g/mol. The Morgan fingerprint density at radius 3 is 2.65 bits per heavy atom. The van der Waals surface area contributed by atoms with Gasteiger partial charge < -0.3 is 20.1 Å². The van der Waals surface area contributed by atoms with Gasteiger partial charge in [-0.25, -0.2) is 9.98 Å². The highest BCUT2D eigenvalue weighted by atomic mass is 127. The number of halogens is 1. The SMILES string of the molecule is CCNC(=NCc1ccc(OCC)c(OC)c1)NCc1ncnn1C.I. The molecule has 0 aliphatic rings. The Morgan fingerprint density at radius 1 is 1.23 bits per heavy atom. The lowest BCUT2D eigenvalue weighted by Gasteiger charge is -2.12. The van der Waals surface area contributed by atoms with Gasteiger partial charge in [0.25, 0.3) is 0 Å². The van der Waals surface area contributed by atoms with E-state index in [2.05, 4.69) is 25.7 Å². The molecular formula is C17H27IN6O2. The monoisotopic (exact) mass is 474 g/mol. The lowest BCUT2D eigenvalue weighted by Crippen LogP contribution is -2.37. The molecule has 8 nitrogen and oxygen atoms in total. The summed E-state index contributed by atoms with van der Waals surface area (Å²) in [5, 5.41) is 10.5. The summed E-state index contributed by atoms with van der Waals surface area (Å²) in [6.45, 7) is 6.43. The van der Waals surface area contributed by atoms with Crippen LogP contribution in [-0.2, 0) is 20.1 Å². The Hall–Kier alpha value is -2.04. The van der Waals surface area contributed by atoms with Crippen LogP contribution >= 0.6 is 24.0 Å². The van der Waals surface area contributed by atoms with Crippen LogP contribution < -0.4 is 20.1 Å². The molecule has 0 saturated carbocycles. The molecule has 0 spiro atoms. The Labute approximate surface area is 171 Å². The maximum absolute atomic E-state index is 5.54. The molecule has 0 atom stereocenters. The Bertz CT molecular complexity index is 704. The number of hydrogen-bond donors (Lipinski definition) is 2. The largest absolute Gasteiger partial charge is 0.493 e. The van der Waals surface area contributed by atoms with Crippen LogP contribution in [0.5, 0.6) is 11.5 Å². The van der Waals surface area contributed by atoms with Gasteiger partial charge in [-0.1, -0.05) is 6.07 Å². The van der Waals surface area contributed by atoms with Crippen LogP contribution in [0.1, 0.15) is 25.2 Å². The van der Waals surface area contributed by atoms with Gasteiger partial charge in [-0.15, -0.1) is 24.0 Å². The maximum atomic E-state index is 5.54. The highest BCUT2D eigenvalue weighted by Crippen LogP contribution is 2.28. The highest BCUT2D eigenvalue weighted by molar-refractivity contribution is 14.0. The van der Waals surface area contributed by atoms with Crippen molar-refractivity contribution in [1.29, 1.82) is 0 Å². The van der Waals surface area contributed by atoms with Gasteiger partial charge in [-0.2, -0.15) is 5.10 Å². The van der Waals surface area contributed by atoms with Gasteiger partial charge in [0, 0.05) is 13.6 Å². The quantitative estimate of drug-likeness (QED) is 0.346. The Balaban J connectivity index is 0.00000338. The van der Waals surface area contributed by atoms with E-state index in [0.29, 0.717) is 25.4 Å². The number of ether oxygens (including phenoxy) is 2. The molecule has 26 heavy (non-hydrogen) atoms. The van der Waals surface area contributed by atoms with Crippen molar-refractivity contribution >= 4 is 29.9 Å². The first-order chi connectivity index (χ1) is 12.2. The molecule has 2 rings (SSSR count). The number of benzene rings is 1. The molecule has 0 unspecified atom stereocenters. The van der Waals surface area contributed by atoms with E-state index in [1.807, 2.05) is 39.1 Å². The van der Waals surface area contributed by atoms with Crippen LogP contribution in [-0.4, -0.2) is 41.0 Å². The van der Waals surface area contributed by atoms with E-state index in [4.69, 9.17) is 9.47 Å². The third kappa shape index (κ3) is 6.36. The second-order valence-electron chi connectivity index (χ2n) is 5.27. The zero-order valence-corrected chi connectivity index (χ0v) is 18.0. The fourth-order valence-electron chi connectivity index (χ4n) is 2.24. The summed E-state index contributed by atoms with van der Waals surface area (Å²) in [6.07, 6.45) is 1.54. The van der Waals surface area contributed by atoms with Gasteiger partial charge >= 0.3 is 0 Å². The minimum Gasteiger partial charge on any atom is -0.493 e. The summed E-state index contributed by atoms with van der Waals surface area (Å²) < 4.78 is 12.6. The second kappa shape index (κ2) is 11.6. The summed E-state index contributed by atoms with van der Waals surface area (Å²) in [6, 6.07) is 5.84. The third-order valence-electron chi connectivity index (χ3n) is 3.51. The van der Waals surface area contributed by atoms with Crippen LogP contribution in [0.2, 0.25) is 0 Å². The van der Waals surface area contributed by atoms with Crippen molar-refractivity contribution in [2.24, 2.45) is 12.0 Å². The van der Waals surface area contributed by atoms with E-state index in [0.717, 1.165) is 29.6 Å². The normalized spacial score (nSPS) is 10.8. The second-order valence-corrected chi connectivity index (χ2v) is 5.27. The number of methoxy groups -OCH3 is 1. The number of nitrogens with zero attached hydrogens (tertiary/aromatic N) is 4. The molecule has 144 valence electrons. The number of hydrogen-bond acceptors (Lipinski definition) is 5. The topological polar surface area (TPSA) is 85.6 Å². The van der Waals surface area contributed by atoms with E-state index < -0.39 is 0 Å². The first-order valence-electron chi connectivity index (χ1n) is 8.32. The first-order valence-corrected chi connectivity index (χ1v) is 8.32. The van der Waals surface area contributed by atoms with E-state index in [-0.39, 0.29) is 24.0 Å². The average Bonchev–Trinajstić information content (AvgIpc) is 3.03. The van der Waals surface area contributed by atoms with E-state index in [1.54, 1.807) is 11.8 Å². The van der Waals surface area contributed by atoms with Crippen molar-refractivity contribution in [3.8, 4) is 11.5 Å². The molecule has 0 amide bonds. The van der Waals surface area contributed by atoms with Crippen LogP contribution in [0.15, 0.2) is 29.5 Å². The van der Waals surface area contributed by atoms with Gasteiger partial charge in [0.1, 0.15) is 12.2 Å². The van der Waals surface area contributed by atoms with Crippen LogP contribution in [0.3, 0.4) is 0 Å². The molecule has 2 aromatic rings. The molecule has 0 saturated heterocycles. The summed E-state index contributed by atoms with van der Waals surface area (Å²) in [5.41, 5.74) is 1.04. The summed E-state index contributed by atoms with van der Waals surface area (Å²) in [5.74, 6) is 3.02. The van der Waals surface area contributed by atoms with Gasteiger partial charge in [-0.3, -0.25) is 4.68 Å². The molecule has 1 aromatic heterocycles. The van der Waals surface area contributed by atoms with Gasteiger partial charge in [0.05, 0.1) is 26.8 Å². The van der Waals surface area contributed by atoms with Crippen molar-refractivity contribution in [2.75, 3.05) is 20.3 Å². The van der Waals surface area contributed by atoms with Crippen LogP contribution in [0.25, 0.3) is 0 Å². The predicted octanol–water partition coefficient (Wildman–Crippen LogP) is 2.10. The molecule has 2 N–H and O–H groups in total. The minimum absolute atomic E-state index is 0. The summed E-state index contributed by atoms with van der Waals surface area (Å²) in [7, 11) is 3.50. The van der Waals surface area contributed by atoms with Gasteiger partial charge in [0.2, 0.25) is 0 Å². The fourth-order valence-corrected chi connectivity index (χ4v) is 2.24. The summed E-state index contributed by atoms with van der Waals surface area (Å²) in [4.78, 5) is 8.80. The highest BCUT2D eigenvalue weighted by Gasteiger charge is 2.06. The number of rotatable bonds is 8. The van der Waals surface area contributed by atoms with Gasteiger partial charge in [-0.05, 0) is 31.5 Å². The minimum atomic E-state index is 0. The zero-order chi connectivity index (χ0) is 18.1. The van der Waals surface area contributed by atoms with E-state index in [1.165, 1.54) is 6.33 Å². The third-order valence-corrected chi connectivity index (χ3v) is 3.51. The van der Waals surface area contributed by atoms with Crippen molar-refractivity contribution in [1.82, 2.24) is 25.4 Å². The Morgan fingerprint density at radius 2 is 2.04 bits per heavy atom. The van der Waals surface area contributed by atoms with E-state index >= 15 is 0 Å². The van der Waals surface area contributed by atoms with Crippen molar-refractivity contribution < 1.29 is 9.47 Å². The predicted molar refractivity (Wildman–Crippen MR) is 112 cm³/mol.